The van der Waals surface area contributed by atoms with Gasteiger partial charge in [-0.15, -0.1) is 10.2 Å². The summed E-state index contributed by atoms with van der Waals surface area (Å²) in [5, 5.41) is 24.4. The Kier molecular flexibility index (Phi) is 3.94. The lowest BCUT2D eigenvalue weighted by molar-refractivity contribution is 0.293. The molecule has 0 bridgehead atoms. The molecule has 0 aliphatic carbocycles. The first-order valence-electron chi connectivity index (χ1n) is 6.94. The Morgan fingerprint density at radius 1 is 1.14 bits per heavy atom. The molecule has 3 N–H and O–H groups in total. The molecule has 21 heavy (non-hydrogen) atoms. The van der Waals surface area contributed by atoms with E-state index in [4.69, 9.17) is 5.11 Å². The number of nitrogens with one attached hydrogen (secondary N) is 2. The third kappa shape index (κ3) is 2.65. The van der Waals surface area contributed by atoms with Crippen molar-refractivity contribution >= 4 is 28.0 Å². The number of anilines is 1. The van der Waals surface area contributed by atoms with Crippen LogP contribution in [0.15, 0.2) is 24.3 Å². The molecule has 2 heterocycles. The van der Waals surface area contributed by atoms with Gasteiger partial charge in [0.2, 0.25) is 5.95 Å². The van der Waals surface area contributed by atoms with Gasteiger partial charge in [-0.3, -0.25) is 0 Å². The van der Waals surface area contributed by atoms with Crippen LogP contribution in [-0.4, -0.2) is 51.1 Å². The van der Waals surface area contributed by atoms with Gasteiger partial charge in [-0.25, -0.2) is 0 Å². The molecule has 3 rings (SSSR count). The van der Waals surface area contributed by atoms with Crippen LogP contribution in [0.5, 0.6) is 0 Å². The number of rotatable bonds is 6. The molecule has 1 aromatic carbocycles. The van der Waals surface area contributed by atoms with Crippen molar-refractivity contribution in [1.82, 2.24) is 25.1 Å². The summed E-state index contributed by atoms with van der Waals surface area (Å²) < 4.78 is 2.02. The zero-order valence-corrected chi connectivity index (χ0v) is 11.9. The molecule has 0 radical (unpaired) electrons. The number of aliphatic hydroxyl groups excluding tert-OH is 1. The van der Waals surface area contributed by atoms with Gasteiger partial charge < -0.3 is 20.3 Å². The van der Waals surface area contributed by atoms with Crippen LogP contribution in [0.1, 0.15) is 0 Å². The van der Waals surface area contributed by atoms with E-state index in [9.17, 15) is 0 Å². The smallest absolute Gasteiger partial charge is 0.244 e. The Balaban J connectivity index is 1.83. The van der Waals surface area contributed by atoms with Crippen molar-refractivity contribution in [2.24, 2.45) is 7.05 Å². The number of para-hydroxylation sites is 1. The Labute approximate surface area is 122 Å². The second-order valence-corrected chi connectivity index (χ2v) is 4.78. The summed E-state index contributed by atoms with van der Waals surface area (Å²) in [6, 6.07) is 8.06. The zero-order chi connectivity index (χ0) is 14.7. The van der Waals surface area contributed by atoms with Gasteiger partial charge >= 0.3 is 0 Å². The van der Waals surface area contributed by atoms with Gasteiger partial charge in [0.05, 0.1) is 12.1 Å². The van der Waals surface area contributed by atoms with Gasteiger partial charge in [0.15, 0.2) is 5.65 Å². The first-order chi connectivity index (χ1) is 10.3. The summed E-state index contributed by atoms with van der Waals surface area (Å²) in [5.41, 5.74) is 2.73. The Morgan fingerprint density at radius 3 is 2.86 bits per heavy atom. The molecule has 0 amide bonds. The van der Waals surface area contributed by atoms with Crippen LogP contribution in [0.2, 0.25) is 0 Å². The minimum absolute atomic E-state index is 0.139. The van der Waals surface area contributed by atoms with E-state index in [1.807, 2.05) is 35.9 Å². The summed E-state index contributed by atoms with van der Waals surface area (Å²) in [4.78, 5) is 4.53. The van der Waals surface area contributed by atoms with E-state index < -0.39 is 0 Å². The molecule has 0 aliphatic heterocycles. The summed E-state index contributed by atoms with van der Waals surface area (Å²) in [5.74, 6) is 0.513. The maximum atomic E-state index is 8.68. The monoisotopic (exact) mass is 286 g/mol. The predicted octanol–water partition coefficient (Wildman–Crippen LogP) is 0.510. The molecular formula is C14H18N6O. The van der Waals surface area contributed by atoms with Gasteiger partial charge in [-0.05, 0) is 6.07 Å². The normalized spacial score (nSPS) is 11.3. The standard InChI is InChI=1S/C14H18N6O/c1-20-11-5-3-2-4-10(11)12-13(20)17-14(19-18-12)16-7-6-15-8-9-21/h2-5,15,21H,6-9H2,1H3,(H,16,17,19). The van der Waals surface area contributed by atoms with Crippen LogP contribution in [0.4, 0.5) is 5.95 Å². The van der Waals surface area contributed by atoms with Crippen molar-refractivity contribution in [3.63, 3.8) is 0 Å². The zero-order valence-electron chi connectivity index (χ0n) is 11.9. The van der Waals surface area contributed by atoms with Crippen LogP contribution in [0, 0.1) is 0 Å². The number of hydrogen-bond acceptors (Lipinski definition) is 6. The minimum atomic E-state index is 0.139. The number of hydrogen-bond donors (Lipinski definition) is 3. The Morgan fingerprint density at radius 2 is 2.00 bits per heavy atom. The van der Waals surface area contributed by atoms with Crippen molar-refractivity contribution in [2.75, 3.05) is 31.6 Å². The van der Waals surface area contributed by atoms with E-state index in [1.165, 1.54) is 0 Å². The molecule has 0 atom stereocenters. The highest BCUT2D eigenvalue weighted by Gasteiger charge is 2.11. The maximum absolute atomic E-state index is 8.68. The highest BCUT2D eigenvalue weighted by atomic mass is 16.3. The first kappa shape index (κ1) is 13.7. The molecule has 0 saturated carbocycles. The van der Waals surface area contributed by atoms with Crippen molar-refractivity contribution in [1.29, 1.82) is 0 Å². The van der Waals surface area contributed by atoms with Gasteiger partial charge in [-0.1, -0.05) is 18.2 Å². The first-order valence-corrected chi connectivity index (χ1v) is 6.94. The molecular weight excluding hydrogens is 268 g/mol. The van der Waals surface area contributed by atoms with Crippen LogP contribution in [0.25, 0.3) is 22.1 Å². The number of benzene rings is 1. The average Bonchev–Trinajstić information content (AvgIpc) is 2.81. The number of fused-ring (bicyclic) bond motifs is 3. The molecule has 0 aliphatic rings. The van der Waals surface area contributed by atoms with Gasteiger partial charge in [0.1, 0.15) is 5.52 Å². The van der Waals surface area contributed by atoms with Crippen LogP contribution in [-0.2, 0) is 7.05 Å². The molecule has 7 heteroatoms. The number of aromatic nitrogens is 4. The fraction of sp³-hybridized carbons (Fsp3) is 0.357. The van der Waals surface area contributed by atoms with Crippen LogP contribution < -0.4 is 10.6 Å². The van der Waals surface area contributed by atoms with Crippen LogP contribution >= 0.6 is 0 Å². The predicted molar refractivity (Wildman–Crippen MR) is 82.3 cm³/mol. The quantitative estimate of drug-likeness (QED) is 0.572. The molecule has 0 unspecified atom stereocenters. The fourth-order valence-corrected chi connectivity index (χ4v) is 2.35. The van der Waals surface area contributed by atoms with E-state index in [0.29, 0.717) is 19.0 Å². The van der Waals surface area contributed by atoms with Gasteiger partial charge in [0.25, 0.3) is 0 Å². The number of nitrogens with zero attached hydrogens (tertiary/aromatic N) is 4. The Bertz CT molecular complexity index is 754. The van der Waals surface area contributed by atoms with E-state index in [1.54, 1.807) is 0 Å². The third-order valence-electron chi connectivity index (χ3n) is 3.38. The van der Waals surface area contributed by atoms with E-state index in [-0.39, 0.29) is 6.61 Å². The van der Waals surface area contributed by atoms with E-state index in [2.05, 4.69) is 25.8 Å². The third-order valence-corrected chi connectivity index (χ3v) is 3.38. The molecule has 3 aromatic rings. The lowest BCUT2D eigenvalue weighted by Gasteiger charge is -2.05. The molecule has 0 saturated heterocycles. The SMILES string of the molecule is Cn1c2ccccc2c2nnc(NCCNCCO)nc21. The van der Waals surface area contributed by atoms with Gasteiger partial charge in [-0.2, -0.15) is 4.98 Å². The average molecular weight is 286 g/mol. The van der Waals surface area contributed by atoms with Crippen molar-refractivity contribution in [3.05, 3.63) is 24.3 Å². The molecule has 0 spiro atoms. The largest absolute Gasteiger partial charge is 0.395 e. The minimum Gasteiger partial charge on any atom is -0.395 e. The van der Waals surface area contributed by atoms with E-state index >= 15 is 0 Å². The molecule has 110 valence electrons. The van der Waals surface area contributed by atoms with Gasteiger partial charge in [0, 0.05) is 32.1 Å². The fourth-order valence-electron chi connectivity index (χ4n) is 2.35. The number of aryl methyl sites for hydroxylation is 1. The summed E-state index contributed by atoms with van der Waals surface area (Å²) in [6.45, 7) is 2.14. The lowest BCUT2D eigenvalue weighted by atomic mass is 10.2. The molecule has 7 nitrogen and oxygen atoms in total. The molecule has 2 aromatic heterocycles. The molecule has 0 fully saturated rings. The highest BCUT2D eigenvalue weighted by molar-refractivity contribution is 6.04. The van der Waals surface area contributed by atoms with Crippen molar-refractivity contribution in [3.8, 4) is 0 Å². The Hall–Kier alpha value is -2.25. The second-order valence-electron chi connectivity index (χ2n) is 4.78. The second kappa shape index (κ2) is 6.02. The topological polar surface area (TPSA) is 87.9 Å². The van der Waals surface area contributed by atoms with Crippen LogP contribution in [0.3, 0.4) is 0 Å². The van der Waals surface area contributed by atoms with E-state index in [0.717, 1.165) is 28.6 Å². The van der Waals surface area contributed by atoms with Crippen molar-refractivity contribution in [2.45, 2.75) is 0 Å². The van der Waals surface area contributed by atoms with Crippen molar-refractivity contribution < 1.29 is 5.11 Å². The summed E-state index contributed by atoms with van der Waals surface area (Å²) in [6.07, 6.45) is 0. The highest BCUT2D eigenvalue weighted by Crippen LogP contribution is 2.24. The number of aliphatic hydroxyl groups is 1. The maximum Gasteiger partial charge on any atom is 0.244 e. The summed E-state index contributed by atoms with van der Waals surface area (Å²) in [7, 11) is 1.98. The lowest BCUT2D eigenvalue weighted by Crippen LogP contribution is -2.25. The summed E-state index contributed by atoms with van der Waals surface area (Å²) >= 11 is 0.